The minimum absolute atomic E-state index is 0.0385. The van der Waals surface area contributed by atoms with Gasteiger partial charge in [0.1, 0.15) is 0 Å². The predicted octanol–water partition coefficient (Wildman–Crippen LogP) is 1.12. The number of nitrogens with two attached hydrogens (primary N) is 1. The minimum Gasteiger partial charge on any atom is -0.394 e. The maximum atomic E-state index is 12.6. The van der Waals surface area contributed by atoms with Crippen molar-refractivity contribution in [3.05, 3.63) is 0 Å². The van der Waals surface area contributed by atoms with Crippen molar-refractivity contribution in [3.63, 3.8) is 0 Å². The van der Waals surface area contributed by atoms with Gasteiger partial charge >= 0.3 is 0 Å². The molecule has 2 rings (SSSR count). The first-order chi connectivity index (χ1) is 8.63. The van der Waals surface area contributed by atoms with Crippen LogP contribution >= 0.6 is 0 Å². The number of nitrogens with zero attached hydrogens (tertiary/aromatic N) is 1. The number of hydrogen-bond donors (Lipinski definition) is 2. The van der Waals surface area contributed by atoms with Gasteiger partial charge in [-0.25, -0.2) is 0 Å². The van der Waals surface area contributed by atoms with Crippen molar-refractivity contribution in [2.24, 2.45) is 17.6 Å². The van der Waals surface area contributed by atoms with Crippen molar-refractivity contribution in [2.75, 3.05) is 13.2 Å². The van der Waals surface area contributed by atoms with E-state index in [0.717, 1.165) is 45.1 Å². The highest BCUT2D eigenvalue weighted by atomic mass is 16.3. The summed E-state index contributed by atoms with van der Waals surface area (Å²) in [7, 11) is 0. The molecule has 4 atom stereocenters. The summed E-state index contributed by atoms with van der Waals surface area (Å²) in [4.78, 5) is 14.6. The molecule has 2 fully saturated rings. The third-order valence-electron chi connectivity index (χ3n) is 4.67. The Morgan fingerprint density at radius 3 is 2.83 bits per heavy atom. The topological polar surface area (TPSA) is 66.6 Å². The van der Waals surface area contributed by atoms with Crippen molar-refractivity contribution >= 4 is 5.91 Å². The molecule has 2 aliphatic rings. The molecule has 18 heavy (non-hydrogen) atoms. The molecule has 4 nitrogen and oxygen atoms in total. The van der Waals surface area contributed by atoms with Crippen molar-refractivity contribution < 1.29 is 9.90 Å². The van der Waals surface area contributed by atoms with E-state index >= 15 is 0 Å². The molecule has 0 aromatic carbocycles. The zero-order valence-corrected chi connectivity index (χ0v) is 11.3. The first-order valence-corrected chi connectivity index (χ1v) is 7.30. The average Bonchev–Trinajstić information content (AvgIpc) is 2.40. The number of hydrogen-bond acceptors (Lipinski definition) is 3. The van der Waals surface area contributed by atoms with E-state index in [0.29, 0.717) is 5.92 Å². The summed E-state index contributed by atoms with van der Waals surface area (Å²) in [5, 5.41) is 9.41. The van der Waals surface area contributed by atoms with Crippen molar-refractivity contribution in [1.29, 1.82) is 0 Å². The molecule has 0 radical (unpaired) electrons. The molecule has 0 aromatic heterocycles. The number of carbonyl (C=O) groups is 1. The Balaban J connectivity index is 2.04. The summed E-state index contributed by atoms with van der Waals surface area (Å²) in [6.07, 6.45) is 6.03. The van der Waals surface area contributed by atoms with Gasteiger partial charge in [0.2, 0.25) is 5.91 Å². The molecule has 4 heteroatoms. The van der Waals surface area contributed by atoms with Gasteiger partial charge in [-0.15, -0.1) is 0 Å². The number of aliphatic hydroxyl groups is 1. The van der Waals surface area contributed by atoms with Gasteiger partial charge in [0.15, 0.2) is 0 Å². The Morgan fingerprint density at radius 2 is 2.11 bits per heavy atom. The van der Waals surface area contributed by atoms with Gasteiger partial charge in [-0.05, 0) is 44.4 Å². The van der Waals surface area contributed by atoms with Crippen molar-refractivity contribution in [1.82, 2.24) is 4.90 Å². The van der Waals surface area contributed by atoms with Crippen LogP contribution in [0.25, 0.3) is 0 Å². The van der Waals surface area contributed by atoms with Crippen LogP contribution in [0, 0.1) is 11.8 Å². The molecular formula is C14H26N2O2. The molecule has 4 unspecified atom stereocenters. The molecule has 1 saturated carbocycles. The predicted molar refractivity (Wildman–Crippen MR) is 70.9 cm³/mol. The van der Waals surface area contributed by atoms with Crippen LogP contribution in [0.1, 0.15) is 45.4 Å². The second-order valence-electron chi connectivity index (χ2n) is 6.02. The van der Waals surface area contributed by atoms with E-state index in [1.54, 1.807) is 0 Å². The van der Waals surface area contributed by atoms with E-state index < -0.39 is 0 Å². The molecule has 1 aliphatic heterocycles. The van der Waals surface area contributed by atoms with Crippen LogP contribution in [0.3, 0.4) is 0 Å². The fourth-order valence-electron chi connectivity index (χ4n) is 3.39. The van der Waals surface area contributed by atoms with Crippen molar-refractivity contribution in [3.8, 4) is 0 Å². The number of amides is 1. The molecule has 1 saturated heterocycles. The molecule has 0 spiro atoms. The third kappa shape index (κ3) is 2.86. The fraction of sp³-hybridized carbons (Fsp3) is 0.929. The Kier molecular flexibility index (Phi) is 4.62. The summed E-state index contributed by atoms with van der Waals surface area (Å²) < 4.78 is 0. The summed E-state index contributed by atoms with van der Waals surface area (Å²) in [5.74, 6) is 0.732. The third-order valence-corrected chi connectivity index (χ3v) is 4.67. The lowest BCUT2D eigenvalue weighted by molar-refractivity contribution is -0.143. The summed E-state index contributed by atoms with van der Waals surface area (Å²) in [6.45, 7) is 3.06. The zero-order valence-electron chi connectivity index (χ0n) is 11.3. The van der Waals surface area contributed by atoms with E-state index in [2.05, 4.69) is 6.92 Å². The number of piperidine rings is 1. The highest BCUT2D eigenvalue weighted by Gasteiger charge is 2.36. The zero-order chi connectivity index (χ0) is 13.1. The van der Waals surface area contributed by atoms with Crippen LogP contribution in [0.5, 0.6) is 0 Å². The molecule has 3 N–H and O–H groups in total. The van der Waals surface area contributed by atoms with Crippen LogP contribution in [0.15, 0.2) is 0 Å². The fourth-order valence-corrected chi connectivity index (χ4v) is 3.39. The van der Waals surface area contributed by atoms with Gasteiger partial charge in [-0.3, -0.25) is 4.79 Å². The molecule has 1 aliphatic carbocycles. The van der Waals surface area contributed by atoms with Gasteiger partial charge in [0, 0.05) is 18.5 Å². The number of carbonyl (C=O) groups excluding carboxylic acids is 1. The van der Waals surface area contributed by atoms with E-state index in [1.807, 2.05) is 4.90 Å². The lowest BCUT2D eigenvalue weighted by Crippen LogP contribution is -2.51. The summed E-state index contributed by atoms with van der Waals surface area (Å²) in [6, 6.07) is 0.212. The van der Waals surface area contributed by atoms with Crippen LogP contribution in [-0.4, -0.2) is 41.1 Å². The normalized spacial score (nSPS) is 37.6. The molecule has 1 amide bonds. The number of rotatable bonds is 2. The number of aliphatic hydroxyl groups excluding tert-OH is 1. The molecule has 0 aromatic rings. The minimum atomic E-state index is 0.0385. The van der Waals surface area contributed by atoms with Crippen LogP contribution in [0.4, 0.5) is 0 Å². The molecule has 104 valence electrons. The standard InChI is InChI=1S/C14H26N2O2/c1-10-5-6-11(15)8-13(10)14(18)16-7-3-2-4-12(16)9-17/h10-13,17H,2-9,15H2,1H3. The lowest BCUT2D eigenvalue weighted by atomic mass is 9.77. The van der Waals surface area contributed by atoms with E-state index in [9.17, 15) is 9.90 Å². The Labute approximate surface area is 110 Å². The Morgan fingerprint density at radius 1 is 1.33 bits per heavy atom. The maximum absolute atomic E-state index is 12.6. The molecule has 0 bridgehead atoms. The second-order valence-corrected chi connectivity index (χ2v) is 6.02. The van der Waals surface area contributed by atoms with Crippen molar-refractivity contribution in [2.45, 2.75) is 57.5 Å². The second kappa shape index (κ2) is 6.02. The smallest absolute Gasteiger partial charge is 0.226 e. The SMILES string of the molecule is CC1CCC(N)CC1C(=O)N1CCCCC1CO. The van der Waals surface area contributed by atoms with E-state index in [-0.39, 0.29) is 30.5 Å². The van der Waals surface area contributed by atoms with Gasteiger partial charge in [0.25, 0.3) is 0 Å². The first kappa shape index (κ1) is 13.8. The maximum Gasteiger partial charge on any atom is 0.226 e. The Bertz CT molecular complexity index is 292. The van der Waals surface area contributed by atoms with Crippen LogP contribution in [0.2, 0.25) is 0 Å². The first-order valence-electron chi connectivity index (χ1n) is 7.30. The van der Waals surface area contributed by atoms with Gasteiger partial charge in [-0.2, -0.15) is 0 Å². The summed E-state index contributed by atoms with van der Waals surface area (Å²) in [5.41, 5.74) is 6.00. The highest BCUT2D eigenvalue weighted by molar-refractivity contribution is 5.79. The largest absolute Gasteiger partial charge is 0.394 e. The quantitative estimate of drug-likeness (QED) is 0.776. The van der Waals surface area contributed by atoms with E-state index in [1.165, 1.54) is 0 Å². The average molecular weight is 254 g/mol. The Hall–Kier alpha value is -0.610. The van der Waals surface area contributed by atoms with Crippen LogP contribution in [-0.2, 0) is 4.79 Å². The molecular weight excluding hydrogens is 228 g/mol. The van der Waals surface area contributed by atoms with Gasteiger partial charge in [0.05, 0.1) is 12.6 Å². The van der Waals surface area contributed by atoms with E-state index in [4.69, 9.17) is 5.73 Å². The monoisotopic (exact) mass is 254 g/mol. The van der Waals surface area contributed by atoms with Gasteiger partial charge in [-0.1, -0.05) is 6.92 Å². The highest BCUT2D eigenvalue weighted by Crippen LogP contribution is 2.32. The lowest BCUT2D eigenvalue weighted by Gasteiger charge is -2.40. The number of likely N-dealkylation sites (tertiary alicyclic amines) is 1. The molecule has 1 heterocycles. The van der Waals surface area contributed by atoms with Gasteiger partial charge < -0.3 is 15.7 Å². The summed E-state index contributed by atoms with van der Waals surface area (Å²) >= 11 is 0. The van der Waals surface area contributed by atoms with Crippen LogP contribution < -0.4 is 5.73 Å².